The normalized spacial score (nSPS) is 23.3. The number of thiocarbonyl (C=S) groups is 1. The van der Waals surface area contributed by atoms with Gasteiger partial charge in [-0.2, -0.15) is 0 Å². The number of likely N-dealkylation sites (N-methyl/N-ethyl adjacent to an activating group) is 2. The van der Waals surface area contributed by atoms with Crippen molar-refractivity contribution in [2.24, 2.45) is 0 Å². The van der Waals surface area contributed by atoms with E-state index in [2.05, 4.69) is 11.8 Å². The molecule has 0 aromatic rings. The number of carbonyl (C=O) groups is 1. The van der Waals surface area contributed by atoms with Crippen molar-refractivity contribution in [1.82, 2.24) is 9.80 Å². The van der Waals surface area contributed by atoms with Crippen LogP contribution in [0.5, 0.6) is 0 Å². The van der Waals surface area contributed by atoms with Crippen LogP contribution in [0.3, 0.4) is 0 Å². The van der Waals surface area contributed by atoms with Crippen LogP contribution in [0.25, 0.3) is 0 Å². The molecule has 0 aromatic carbocycles. The summed E-state index contributed by atoms with van der Waals surface area (Å²) in [5.74, 6) is 0.00716. The maximum absolute atomic E-state index is 12.0. The van der Waals surface area contributed by atoms with Gasteiger partial charge < -0.3 is 4.90 Å². The highest BCUT2D eigenvalue weighted by atomic mass is 32.2. The third-order valence-electron chi connectivity index (χ3n) is 2.91. The number of allylic oxidation sites excluding steroid dienone is 5. The molecule has 2 aliphatic heterocycles. The highest BCUT2D eigenvalue weighted by molar-refractivity contribution is 8.26. The standard InChI is InChI=1S/C14H16N2OS2/c1-3-15-10-6-5-7-11(15)8-9-12-13(17)16(4-2)14(18)19-12/h5-10H,3-4H2,1-2H3/b11-8-,12-9-. The van der Waals surface area contributed by atoms with Crippen LogP contribution in [-0.4, -0.2) is 33.1 Å². The van der Waals surface area contributed by atoms with Gasteiger partial charge in [0.15, 0.2) is 0 Å². The Morgan fingerprint density at radius 1 is 1.26 bits per heavy atom. The molecule has 0 N–H and O–H groups in total. The van der Waals surface area contributed by atoms with Crippen LogP contribution in [0.15, 0.2) is 47.2 Å². The first kappa shape index (κ1) is 14.1. The molecule has 0 spiro atoms. The van der Waals surface area contributed by atoms with Crippen LogP contribution in [-0.2, 0) is 4.79 Å². The number of hydrogen-bond donors (Lipinski definition) is 0. The fourth-order valence-corrected chi connectivity index (χ4v) is 3.20. The van der Waals surface area contributed by atoms with Crippen molar-refractivity contribution in [3.63, 3.8) is 0 Å². The first-order chi connectivity index (χ1) is 9.17. The second-order valence-corrected chi connectivity index (χ2v) is 5.70. The van der Waals surface area contributed by atoms with E-state index < -0.39 is 0 Å². The smallest absolute Gasteiger partial charge is 0.266 e. The predicted octanol–water partition coefficient (Wildman–Crippen LogP) is 3.04. The number of thioether (sulfide) groups is 1. The Balaban J connectivity index is 2.19. The summed E-state index contributed by atoms with van der Waals surface area (Å²) in [6, 6.07) is 0. The molecular formula is C14H16N2OS2. The van der Waals surface area contributed by atoms with Gasteiger partial charge >= 0.3 is 0 Å². The predicted molar refractivity (Wildman–Crippen MR) is 84.4 cm³/mol. The zero-order valence-electron chi connectivity index (χ0n) is 11.0. The van der Waals surface area contributed by atoms with Gasteiger partial charge in [0.05, 0.1) is 4.91 Å². The van der Waals surface area contributed by atoms with E-state index in [0.29, 0.717) is 15.8 Å². The molecule has 0 radical (unpaired) electrons. The SMILES string of the molecule is CCN1C(=O)/C(=C/C=C2/C=CC=CN2CC)SC1=S. The minimum absolute atomic E-state index is 0.00716. The summed E-state index contributed by atoms with van der Waals surface area (Å²) in [6.07, 6.45) is 11.9. The molecule has 0 bridgehead atoms. The molecule has 100 valence electrons. The summed E-state index contributed by atoms with van der Waals surface area (Å²) < 4.78 is 0.642. The van der Waals surface area contributed by atoms with Crippen molar-refractivity contribution < 1.29 is 4.79 Å². The van der Waals surface area contributed by atoms with Crippen LogP contribution in [0.2, 0.25) is 0 Å². The van der Waals surface area contributed by atoms with Gasteiger partial charge in [-0.25, -0.2) is 0 Å². The Bertz CT molecular complexity index is 518. The Kier molecular flexibility index (Phi) is 4.61. The minimum atomic E-state index is 0.00716. The fourth-order valence-electron chi connectivity index (χ4n) is 1.88. The summed E-state index contributed by atoms with van der Waals surface area (Å²) in [5, 5.41) is 0. The Labute approximate surface area is 123 Å². The van der Waals surface area contributed by atoms with E-state index in [-0.39, 0.29) is 5.91 Å². The zero-order valence-corrected chi connectivity index (χ0v) is 12.6. The number of amides is 1. The van der Waals surface area contributed by atoms with Gasteiger partial charge in [0.25, 0.3) is 5.91 Å². The number of hydrogen-bond acceptors (Lipinski definition) is 4. The number of rotatable bonds is 3. The van der Waals surface area contributed by atoms with E-state index in [1.165, 1.54) is 11.8 Å². The summed E-state index contributed by atoms with van der Waals surface area (Å²) in [5.41, 5.74) is 1.08. The molecule has 1 saturated heterocycles. The summed E-state index contributed by atoms with van der Waals surface area (Å²) in [7, 11) is 0. The first-order valence-electron chi connectivity index (χ1n) is 6.24. The number of nitrogens with zero attached hydrogens (tertiary/aromatic N) is 2. The number of carbonyl (C=O) groups excluding carboxylic acids is 1. The molecule has 1 fully saturated rings. The van der Waals surface area contributed by atoms with E-state index in [9.17, 15) is 4.79 Å². The van der Waals surface area contributed by atoms with Crippen LogP contribution in [0, 0.1) is 0 Å². The van der Waals surface area contributed by atoms with Gasteiger partial charge in [0.1, 0.15) is 4.32 Å². The molecule has 3 nitrogen and oxygen atoms in total. The molecule has 2 aliphatic rings. The average Bonchev–Trinajstić information content (AvgIpc) is 2.71. The lowest BCUT2D eigenvalue weighted by molar-refractivity contribution is -0.122. The highest BCUT2D eigenvalue weighted by Crippen LogP contribution is 2.30. The van der Waals surface area contributed by atoms with Crippen LogP contribution in [0.1, 0.15) is 13.8 Å². The Morgan fingerprint density at radius 3 is 2.68 bits per heavy atom. The van der Waals surface area contributed by atoms with Crippen molar-refractivity contribution in [3.8, 4) is 0 Å². The van der Waals surface area contributed by atoms with Crippen molar-refractivity contribution in [2.45, 2.75) is 13.8 Å². The Morgan fingerprint density at radius 2 is 2.05 bits per heavy atom. The quantitative estimate of drug-likeness (QED) is 0.589. The lowest BCUT2D eigenvalue weighted by atomic mass is 10.2. The molecule has 1 amide bonds. The van der Waals surface area contributed by atoms with E-state index in [0.717, 1.165) is 12.2 Å². The molecule has 0 aromatic heterocycles. The first-order valence-corrected chi connectivity index (χ1v) is 7.47. The van der Waals surface area contributed by atoms with Crippen LogP contribution < -0.4 is 0 Å². The van der Waals surface area contributed by atoms with E-state index in [4.69, 9.17) is 12.2 Å². The van der Waals surface area contributed by atoms with Gasteiger partial charge in [-0.3, -0.25) is 9.69 Å². The molecule has 0 aliphatic carbocycles. The van der Waals surface area contributed by atoms with Gasteiger partial charge in [-0.15, -0.1) is 0 Å². The fraction of sp³-hybridized carbons (Fsp3) is 0.286. The average molecular weight is 292 g/mol. The van der Waals surface area contributed by atoms with E-state index in [1.807, 2.05) is 43.5 Å². The molecule has 2 heterocycles. The maximum atomic E-state index is 12.0. The monoisotopic (exact) mass is 292 g/mol. The van der Waals surface area contributed by atoms with Gasteiger partial charge in [0.2, 0.25) is 0 Å². The molecule has 2 rings (SSSR count). The minimum Gasteiger partial charge on any atom is -0.348 e. The molecule has 0 saturated carbocycles. The van der Waals surface area contributed by atoms with Crippen molar-refractivity contribution in [1.29, 1.82) is 0 Å². The molecule has 0 unspecified atom stereocenters. The lowest BCUT2D eigenvalue weighted by Crippen LogP contribution is -2.27. The third kappa shape index (κ3) is 2.98. The lowest BCUT2D eigenvalue weighted by Gasteiger charge is -2.21. The summed E-state index contributed by atoms with van der Waals surface area (Å²) >= 11 is 6.55. The maximum Gasteiger partial charge on any atom is 0.266 e. The molecular weight excluding hydrogens is 276 g/mol. The second-order valence-electron chi connectivity index (χ2n) is 4.03. The zero-order chi connectivity index (χ0) is 13.8. The van der Waals surface area contributed by atoms with Crippen molar-refractivity contribution in [2.75, 3.05) is 13.1 Å². The van der Waals surface area contributed by atoms with E-state index in [1.54, 1.807) is 4.90 Å². The van der Waals surface area contributed by atoms with Crippen molar-refractivity contribution in [3.05, 3.63) is 47.2 Å². The largest absolute Gasteiger partial charge is 0.348 e. The molecule has 0 atom stereocenters. The van der Waals surface area contributed by atoms with Crippen molar-refractivity contribution >= 4 is 34.2 Å². The Hall–Kier alpha value is -1.33. The third-order valence-corrected chi connectivity index (χ3v) is 4.31. The highest BCUT2D eigenvalue weighted by Gasteiger charge is 2.30. The molecule has 5 heteroatoms. The van der Waals surface area contributed by atoms with Gasteiger partial charge in [-0.05, 0) is 38.2 Å². The van der Waals surface area contributed by atoms with Crippen LogP contribution >= 0.6 is 24.0 Å². The summed E-state index contributed by atoms with van der Waals surface area (Å²) in [4.78, 5) is 16.5. The molecule has 19 heavy (non-hydrogen) atoms. The van der Waals surface area contributed by atoms with Crippen LogP contribution in [0.4, 0.5) is 0 Å². The summed E-state index contributed by atoms with van der Waals surface area (Å²) in [6.45, 7) is 5.55. The van der Waals surface area contributed by atoms with Gasteiger partial charge in [-0.1, -0.05) is 30.1 Å². The second kappa shape index (κ2) is 6.21. The topological polar surface area (TPSA) is 23.6 Å². The van der Waals surface area contributed by atoms with E-state index >= 15 is 0 Å². The van der Waals surface area contributed by atoms with Gasteiger partial charge in [0, 0.05) is 25.0 Å².